The first-order valence-corrected chi connectivity index (χ1v) is 14.0. The van der Waals surface area contributed by atoms with Gasteiger partial charge in [0.25, 0.3) is 5.91 Å². The topological polar surface area (TPSA) is 151 Å². The summed E-state index contributed by atoms with van der Waals surface area (Å²) < 4.78 is 0. The van der Waals surface area contributed by atoms with E-state index in [1.807, 2.05) is 47.8 Å². The number of para-hydroxylation sites is 1. The molecule has 41 heavy (non-hydrogen) atoms. The van der Waals surface area contributed by atoms with E-state index in [1.54, 1.807) is 24.3 Å². The average Bonchev–Trinajstić information content (AvgIpc) is 3.43. The van der Waals surface area contributed by atoms with Gasteiger partial charge in [-0.25, -0.2) is 4.99 Å². The first-order valence-electron chi connectivity index (χ1n) is 13.2. The van der Waals surface area contributed by atoms with Crippen LogP contribution in [0, 0.1) is 0 Å². The first kappa shape index (κ1) is 29.3. The van der Waals surface area contributed by atoms with Gasteiger partial charge >= 0.3 is 0 Å². The van der Waals surface area contributed by atoms with E-state index in [9.17, 15) is 24.0 Å². The van der Waals surface area contributed by atoms with Gasteiger partial charge in [-0.05, 0) is 30.9 Å². The number of benzene rings is 2. The lowest BCUT2D eigenvalue weighted by atomic mass is 10.0. The van der Waals surface area contributed by atoms with Crippen LogP contribution in [0.4, 0.5) is 5.69 Å². The van der Waals surface area contributed by atoms with Crippen molar-refractivity contribution in [2.24, 2.45) is 10.7 Å². The Balaban J connectivity index is 1.64. The Morgan fingerprint density at radius 3 is 2.39 bits per heavy atom. The number of carbonyl (C=O) groups is 5. The van der Waals surface area contributed by atoms with Gasteiger partial charge in [-0.1, -0.05) is 54.6 Å². The number of amides is 4. The van der Waals surface area contributed by atoms with Crippen LogP contribution < -0.4 is 21.3 Å². The van der Waals surface area contributed by atoms with E-state index in [0.717, 1.165) is 10.4 Å². The number of aliphatic imine (C=N–C) groups is 1. The van der Waals surface area contributed by atoms with Crippen molar-refractivity contribution in [3.05, 3.63) is 88.1 Å². The van der Waals surface area contributed by atoms with Crippen LogP contribution in [0.3, 0.4) is 0 Å². The van der Waals surface area contributed by atoms with Gasteiger partial charge in [0.15, 0.2) is 0 Å². The number of rotatable bonds is 12. The molecule has 1 aliphatic rings. The fourth-order valence-corrected chi connectivity index (χ4v) is 5.22. The summed E-state index contributed by atoms with van der Waals surface area (Å²) in [5.41, 5.74) is 7.78. The van der Waals surface area contributed by atoms with Crippen molar-refractivity contribution in [1.29, 1.82) is 0 Å². The van der Waals surface area contributed by atoms with Gasteiger partial charge in [0.05, 0.1) is 11.4 Å². The minimum Gasteiger partial charge on any atom is -0.368 e. The Hall–Kier alpha value is -4.64. The minimum absolute atomic E-state index is 0.0336. The maximum Gasteiger partial charge on any atom is 0.272 e. The monoisotopic (exact) mass is 573 g/mol. The third kappa shape index (κ3) is 7.73. The highest BCUT2D eigenvalue weighted by molar-refractivity contribution is 7.09. The van der Waals surface area contributed by atoms with Gasteiger partial charge in [-0.15, -0.1) is 11.3 Å². The number of Topliss-reactive ketones (excluding diaryl/α,β-unsaturated/α-hetero) is 1. The van der Waals surface area contributed by atoms with E-state index in [2.05, 4.69) is 15.6 Å². The average molecular weight is 574 g/mol. The number of carbonyl (C=O) groups excluding carboxylic acids is 5. The van der Waals surface area contributed by atoms with Crippen LogP contribution in [0.5, 0.6) is 0 Å². The molecule has 2 aromatic carbocycles. The number of thiophene rings is 1. The van der Waals surface area contributed by atoms with Crippen molar-refractivity contribution in [2.75, 3.05) is 11.4 Å². The number of ketones is 1. The molecule has 11 heteroatoms. The summed E-state index contributed by atoms with van der Waals surface area (Å²) in [6.07, 6.45) is -0.482. The Bertz CT molecular complexity index is 1450. The van der Waals surface area contributed by atoms with Crippen LogP contribution in [0.1, 0.15) is 42.2 Å². The highest BCUT2D eigenvalue weighted by Gasteiger charge is 2.34. The zero-order valence-electron chi connectivity index (χ0n) is 22.5. The molecule has 0 saturated heterocycles. The van der Waals surface area contributed by atoms with Crippen LogP contribution in [0.2, 0.25) is 0 Å². The third-order valence-corrected chi connectivity index (χ3v) is 7.35. The fourth-order valence-electron chi connectivity index (χ4n) is 4.47. The van der Waals surface area contributed by atoms with Crippen molar-refractivity contribution in [3.63, 3.8) is 0 Å². The Labute approximate surface area is 241 Å². The Morgan fingerprint density at radius 1 is 0.976 bits per heavy atom. The minimum atomic E-state index is -1.33. The number of anilines is 1. The lowest BCUT2D eigenvalue weighted by molar-refractivity contribution is -0.129. The van der Waals surface area contributed by atoms with Crippen molar-refractivity contribution in [1.82, 2.24) is 10.6 Å². The van der Waals surface area contributed by atoms with E-state index in [4.69, 9.17) is 5.73 Å². The van der Waals surface area contributed by atoms with Gasteiger partial charge in [-0.2, -0.15) is 0 Å². The second kappa shape index (κ2) is 13.6. The number of nitrogens with zero attached hydrogens (tertiary/aromatic N) is 2. The van der Waals surface area contributed by atoms with E-state index < -0.39 is 42.4 Å². The van der Waals surface area contributed by atoms with Crippen LogP contribution in [0.15, 0.2) is 77.1 Å². The van der Waals surface area contributed by atoms with Crippen molar-refractivity contribution >= 4 is 52.1 Å². The van der Waals surface area contributed by atoms with Gasteiger partial charge in [-0.3, -0.25) is 24.1 Å². The van der Waals surface area contributed by atoms with E-state index in [0.29, 0.717) is 23.4 Å². The molecule has 1 aromatic heterocycles. The van der Waals surface area contributed by atoms with E-state index in [-0.39, 0.29) is 25.0 Å². The molecule has 0 saturated carbocycles. The number of nitrogens with two attached hydrogens (primary N) is 1. The molecular formula is C30H31N5O5S. The van der Waals surface area contributed by atoms with E-state index in [1.165, 1.54) is 23.2 Å². The number of benzodiazepines with no additional fused rings is 1. The molecule has 4 amide bonds. The van der Waals surface area contributed by atoms with E-state index >= 15 is 0 Å². The van der Waals surface area contributed by atoms with Crippen molar-refractivity contribution in [2.45, 2.75) is 44.8 Å². The molecule has 0 radical (unpaired) electrons. The summed E-state index contributed by atoms with van der Waals surface area (Å²) in [5, 5.41) is 7.19. The summed E-state index contributed by atoms with van der Waals surface area (Å²) in [7, 11) is 0. The molecule has 10 nitrogen and oxygen atoms in total. The Morgan fingerprint density at radius 2 is 1.71 bits per heavy atom. The maximum absolute atomic E-state index is 13.9. The smallest absolute Gasteiger partial charge is 0.272 e. The second-order valence-electron chi connectivity index (χ2n) is 9.62. The molecule has 212 valence electrons. The molecule has 0 aliphatic carbocycles. The second-order valence-corrected chi connectivity index (χ2v) is 10.6. The molecular weight excluding hydrogens is 542 g/mol. The summed E-state index contributed by atoms with van der Waals surface area (Å²) in [6, 6.07) is 19.0. The largest absolute Gasteiger partial charge is 0.368 e. The standard InChI is InChI=1S/C30H31N5O5S/c1-19(36)9-7-15-25(37)33-29-30(40)35(18-26(38)32-23(28(31)39)17-21-12-8-16-41-21)24-14-6-5-13-22(24)27(34-29)20-10-3-2-4-11-20/h2-6,8,10-14,16,23,29H,7,9,15,17-18H2,1H3,(H2,31,39)(H,32,38)(H,33,37)/t23-,29?/m0/s1. The number of fused-ring (bicyclic) bond motifs is 1. The number of nitrogens with one attached hydrogen (secondary N) is 2. The predicted octanol–water partition coefficient (Wildman–Crippen LogP) is 2.35. The van der Waals surface area contributed by atoms with Gasteiger partial charge in [0, 0.05) is 35.3 Å². The van der Waals surface area contributed by atoms with Crippen LogP contribution >= 0.6 is 11.3 Å². The summed E-state index contributed by atoms with van der Waals surface area (Å²) >= 11 is 1.44. The zero-order chi connectivity index (χ0) is 29.4. The summed E-state index contributed by atoms with van der Waals surface area (Å²) in [4.78, 5) is 70.1. The normalized spacial score (nSPS) is 15.2. The Kier molecular flexibility index (Phi) is 9.75. The molecule has 2 atom stereocenters. The molecule has 0 spiro atoms. The van der Waals surface area contributed by atoms with Gasteiger partial charge in [0.2, 0.25) is 23.9 Å². The quantitative estimate of drug-likeness (QED) is 0.304. The molecule has 0 fully saturated rings. The maximum atomic E-state index is 13.9. The molecule has 4 N–H and O–H groups in total. The van der Waals surface area contributed by atoms with Gasteiger partial charge in [0.1, 0.15) is 18.4 Å². The van der Waals surface area contributed by atoms with Crippen molar-refractivity contribution in [3.8, 4) is 0 Å². The molecule has 4 rings (SSSR count). The molecule has 2 heterocycles. The molecule has 1 aliphatic heterocycles. The number of hydrogen-bond acceptors (Lipinski definition) is 7. The number of primary amides is 1. The third-order valence-electron chi connectivity index (χ3n) is 6.45. The van der Waals surface area contributed by atoms with Gasteiger partial charge < -0.3 is 21.2 Å². The van der Waals surface area contributed by atoms with Crippen LogP contribution in [0.25, 0.3) is 0 Å². The zero-order valence-corrected chi connectivity index (χ0v) is 23.4. The highest BCUT2D eigenvalue weighted by atomic mass is 32.1. The molecule has 1 unspecified atom stereocenters. The van der Waals surface area contributed by atoms with Crippen LogP contribution in [-0.4, -0.2) is 53.9 Å². The first-order chi connectivity index (χ1) is 19.7. The lowest BCUT2D eigenvalue weighted by Gasteiger charge is -2.26. The molecule has 3 aromatic rings. The highest BCUT2D eigenvalue weighted by Crippen LogP contribution is 2.28. The van der Waals surface area contributed by atoms with Crippen molar-refractivity contribution < 1.29 is 24.0 Å². The van der Waals surface area contributed by atoms with Crippen LogP contribution in [-0.2, 0) is 30.4 Å². The summed E-state index contributed by atoms with van der Waals surface area (Å²) in [5.74, 6) is -2.38. The predicted molar refractivity (Wildman–Crippen MR) is 156 cm³/mol. The fraction of sp³-hybridized carbons (Fsp3) is 0.267. The summed E-state index contributed by atoms with van der Waals surface area (Å²) in [6.45, 7) is 1.02. The number of hydrogen-bond donors (Lipinski definition) is 3. The SMILES string of the molecule is CC(=O)CCCC(=O)NC1N=C(c2ccccc2)c2ccccc2N(CC(=O)N[C@@H](Cc2cccs2)C(N)=O)C1=O. The molecule has 0 bridgehead atoms. The lowest BCUT2D eigenvalue weighted by Crippen LogP contribution is -2.53.